The van der Waals surface area contributed by atoms with Gasteiger partial charge in [-0.1, -0.05) is 11.6 Å². The molecule has 0 aliphatic rings. The molecule has 8 heteroatoms. The molecule has 0 N–H and O–H groups in total. The molecule has 0 unspecified atom stereocenters. The molecule has 0 fully saturated rings. The van der Waals surface area contributed by atoms with Gasteiger partial charge in [0.2, 0.25) is 0 Å². The van der Waals surface area contributed by atoms with Gasteiger partial charge in [-0.15, -0.1) is 5.10 Å². The number of aryl methyl sites for hydroxylation is 1. The third kappa shape index (κ3) is 1.72. The average Bonchev–Trinajstić information content (AvgIpc) is 2.65. The van der Waals surface area contributed by atoms with Crippen LogP contribution in [0.1, 0.15) is 0 Å². The van der Waals surface area contributed by atoms with Gasteiger partial charge in [0.25, 0.3) is 5.69 Å². The monoisotopic (exact) mass is 239 g/mol. The molecule has 0 amide bonds. The van der Waals surface area contributed by atoms with E-state index in [9.17, 15) is 10.1 Å². The number of benzene rings is 1. The van der Waals surface area contributed by atoms with E-state index in [0.29, 0.717) is 11.4 Å². The van der Waals surface area contributed by atoms with Crippen molar-refractivity contribution < 1.29 is 4.92 Å². The predicted octanol–water partition coefficient (Wildman–Crippen LogP) is 1.44. The van der Waals surface area contributed by atoms with Crippen LogP contribution in [-0.2, 0) is 7.05 Å². The molecule has 7 nitrogen and oxygen atoms in total. The summed E-state index contributed by atoms with van der Waals surface area (Å²) in [5.41, 5.74) is 0.380. The third-order valence-corrected chi connectivity index (χ3v) is 2.34. The molecule has 0 aliphatic heterocycles. The summed E-state index contributed by atoms with van der Waals surface area (Å²) >= 11 is 5.69. The van der Waals surface area contributed by atoms with E-state index in [0.717, 1.165) is 0 Å². The Hall–Kier alpha value is -2.02. The van der Waals surface area contributed by atoms with Crippen LogP contribution in [0.25, 0.3) is 11.4 Å². The van der Waals surface area contributed by atoms with Gasteiger partial charge in [0.15, 0.2) is 5.82 Å². The van der Waals surface area contributed by atoms with E-state index in [4.69, 9.17) is 11.6 Å². The standard InChI is InChI=1S/C8H6ClN5O2/c1-13-8(10-11-12-13)5-2-3-6(9)7(4-5)14(15)16/h2-4H,1H3. The molecule has 0 spiro atoms. The summed E-state index contributed by atoms with van der Waals surface area (Å²) in [6, 6.07) is 4.42. The van der Waals surface area contributed by atoms with Crippen molar-refractivity contribution in [1.29, 1.82) is 0 Å². The Bertz CT molecular complexity index is 553. The number of hydrogen-bond donors (Lipinski definition) is 0. The number of halogens is 1. The molecule has 82 valence electrons. The Balaban J connectivity index is 2.56. The van der Waals surface area contributed by atoms with E-state index in [1.807, 2.05) is 0 Å². The summed E-state index contributed by atoms with van der Waals surface area (Å²) < 4.78 is 1.42. The highest BCUT2D eigenvalue weighted by Gasteiger charge is 2.15. The first-order valence-electron chi connectivity index (χ1n) is 4.26. The van der Waals surface area contributed by atoms with Crippen molar-refractivity contribution in [2.75, 3.05) is 0 Å². The number of nitro benzene ring substituents is 1. The summed E-state index contributed by atoms with van der Waals surface area (Å²) in [4.78, 5) is 10.1. The normalized spacial score (nSPS) is 10.4. The second-order valence-electron chi connectivity index (χ2n) is 3.05. The molecule has 0 atom stereocenters. The van der Waals surface area contributed by atoms with E-state index in [-0.39, 0.29) is 10.7 Å². The van der Waals surface area contributed by atoms with Crippen LogP contribution < -0.4 is 0 Å². The van der Waals surface area contributed by atoms with Crippen LogP contribution in [0.3, 0.4) is 0 Å². The fraction of sp³-hybridized carbons (Fsp3) is 0.125. The van der Waals surface area contributed by atoms with E-state index < -0.39 is 4.92 Å². The van der Waals surface area contributed by atoms with Gasteiger partial charge in [-0.25, -0.2) is 4.68 Å². The maximum atomic E-state index is 10.7. The molecule has 0 saturated heterocycles. The van der Waals surface area contributed by atoms with Gasteiger partial charge in [-0.05, 0) is 22.6 Å². The summed E-state index contributed by atoms with van der Waals surface area (Å²) in [6.07, 6.45) is 0. The minimum Gasteiger partial charge on any atom is -0.258 e. The second kappa shape index (κ2) is 3.86. The minimum absolute atomic E-state index is 0.0869. The van der Waals surface area contributed by atoms with Gasteiger partial charge in [0, 0.05) is 18.7 Å². The number of tetrazole rings is 1. The summed E-state index contributed by atoms with van der Waals surface area (Å²) in [5, 5.41) is 21.6. The topological polar surface area (TPSA) is 86.7 Å². The van der Waals surface area contributed by atoms with E-state index in [1.54, 1.807) is 13.1 Å². The third-order valence-electron chi connectivity index (χ3n) is 2.02. The van der Waals surface area contributed by atoms with Crippen LogP contribution >= 0.6 is 11.6 Å². The second-order valence-corrected chi connectivity index (χ2v) is 3.46. The van der Waals surface area contributed by atoms with Gasteiger partial charge in [0.05, 0.1) is 4.92 Å². The average molecular weight is 240 g/mol. The zero-order chi connectivity index (χ0) is 11.7. The molecule has 0 saturated carbocycles. The highest BCUT2D eigenvalue weighted by atomic mass is 35.5. The molecule has 16 heavy (non-hydrogen) atoms. The zero-order valence-electron chi connectivity index (χ0n) is 8.16. The fourth-order valence-corrected chi connectivity index (χ4v) is 1.45. The Labute approximate surface area is 94.8 Å². The molecular weight excluding hydrogens is 234 g/mol. The van der Waals surface area contributed by atoms with Crippen LogP contribution in [0.15, 0.2) is 18.2 Å². The van der Waals surface area contributed by atoms with Crippen molar-refractivity contribution in [3.63, 3.8) is 0 Å². The van der Waals surface area contributed by atoms with Gasteiger partial charge in [-0.3, -0.25) is 10.1 Å². The Morgan fingerprint density at radius 3 is 2.81 bits per heavy atom. The molecule has 2 aromatic rings. The van der Waals surface area contributed by atoms with Crippen LogP contribution in [0, 0.1) is 10.1 Å². The quantitative estimate of drug-likeness (QED) is 0.585. The van der Waals surface area contributed by atoms with Crippen LogP contribution in [0.2, 0.25) is 5.02 Å². The first kappa shape index (κ1) is 10.5. The summed E-state index contributed by atoms with van der Waals surface area (Å²) in [5.74, 6) is 0.444. The van der Waals surface area contributed by atoms with E-state index in [2.05, 4.69) is 15.5 Å². The SMILES string of the molecule is Cn1nnnc1-c1ccc(Cl)c([N+](=O)[O-])c1. The lowest BCUT2D eigenvalue weighted by molar-refractivity contribution is -0.384. The zero-order valence-corrected chi connectivity index (χ0v) is 8.92. The summed E-state index contributed by atoms with van der Waals surface area (Å²) in [6.45, 7) is 0. The maximum absolute atomic E-state index is 10.7. The van der Waals surface area contributed by atoms with Crippen LogP contribution in [-0.4, -0.2) is 25.1 Å². The first-order chi connectivity index (χ1) is 7.59. The maximum Gasteiger partial charge on any atom is 0.288 e. The Morgan fingerprint density at radius 2 is 2.25 bits per heavy atom. The number of hydrogen-bond acceptors (Lipinski definition) is 5. The van der Waals surface area contributed by atoms with Crippen molar-refractivity contribution in [2.45, 2.75) is 0 Å². The number of nitrogens with zero attached hydrogens (tertiary/aromatic N) is 5. The predicted molar refractivity (Wildman–Crippen MR) is 55.9 cm³/mol. The highest BCUT2D eigenvalue weighted by molar-refractivity contribution is 6.32. The van der Waals surface area contributed by atoms with Gasteiger partial charge >= 0.3 is 0 Å². The van der Waals surface area contributed by atoms with Crippen molar-refractivity contribution in [3.8, 4) is 11.4 Å². The Morgan fingerprint density at radius 1 is 1.50 bits per heavy atom. The van der Waals surface area contributed by atoms with Crippen molar-refractivity contribution >= 4 is 17.3 Å². The number of aromatic nitrogens is 4. The van der Waals surface area contributed by atoms with Gasteiger partial charge in [0.1, 0.15) is 5.02 Å². The molecule has 2 rings (SSSR count). The fourth-order valence-electron chi connectivity index (χ4n) is 1.27. The van der Waals surface area contributed by atoms with E-state index >= 15 is 0 Å². The lowest BCUT2D eigenvalue weighted by Crippen LogP contribution is -1.96. The Kier molecular flexibility index (Phi) is 2.53. The van der Waals surface area contributed by atoms with Crippen molar-refractivity contribution in [1.82, 2.24) is 20.2 Å². The van der Waals surface area contributed by atoms with Gasteiger partial charge < -0.3 is 0 Å². The number of rotatable bonds is 2. The number of nitro groups is 1. The largest absolute Gasteiger partial charge is 0.288 e. The molecule has 1 heterocycles. The minimum atomic E-state index is -0.546. The molecule has 0 bridgehead atoms. The molecule has 1 aromatic heterocycles. The van der Waals surface area contributed by atoms with Crippen molar-refractivity contribution in [3.05, 3.63) is 33.3 Å². The molecule has 1 aromatic carbocycles. The smallest absolute Gasteiger partial charge is 0.258 e. The lowest BCUT2D eigenvalue weighted by atomic mass is 10.2. The highest BCUT2D eigenvalue weighted by Crippen LogP contribution is 2.28. The summed E-state index contributed by atoms with van der Waals surface area (Å²) in [7, 11) is 1.65. The van der Waals surface area contributed by atoms with Crippen LogP contribution in [0.5, 0.6) is 0 Å². The van der Waals surface area contributed by atoms with Gasteiger partial charge in [-0.2, -0.15) is 0 Å². The molecule has 0 radical (unpaired) electrons. The van der Waals surface area contributed by atoms with E-state index in [1.165, 1.54) is 16.8 Å². The van der Waals surface area contributed by atoms with Crippen LogP contribution in [0.4, 0.5) is 5.69 Å². The first-order valence-corrected chi connectivity index (χ1v) is 4.64. The molecular formula is C8H6ClN5O2. The van der Waals surface area contributed by atoms with Crippen molar-refractivity contribution in [2.24, 2.45) is 7.05 Å². The lowest BCUT2D eigenvalue weighted by Gasteiger charge is -2.00. The molecule has 0 aliphatic carbocycles.